The molecule has 0 bridgehead atoms. The van der Waals surface area contributed by atoms with E-state index in [4.69, 9.17) is 4.98 Å². The zero-order valence-electron chi connectivity index (χ0n) is 16.2. The summed E-state index contributed by atoms with van der Waals surface area (Å²) in [4.78, 5) is 4.78. The van der Waals surface area contributed by atoms with Crippen LogP contribution in [0, 0.1) is 0 Å². The van der Waals surface area contributed by atoms with Crippen molar-refractivity contribution in [3.63, 3.8) is 0 Å². The topological polar surface area (TPSA) is 12.9 Å². The third-order valence-electron chi connectivity index (χ3n) is 6.36. The van der Waals surface area contributed by atoms with E-state index >= 15 is 0 Å². The molecule has 6 rings (SSSR count). The predicted molar refractivity (Wildman–Crippen MR) is 121 cm³/mol. The standard InChI is InChI=1S/C28H21N/c1-2-7-19(8-3-1)23-15-21-13-14-25-24(27(21)16-23)11-6-12-26(25)28-17-20-9-4-5-10-22(20)18-29-28/h1-14,17-18,23H,15-16H2. The van der Waals surface area contributed by atoms with Crippen LogP contribution in [0.25, 0.3) is 32.8 Å². The van der Waals surface area contributed by atoms with Crippen molar-refractivity contribution in [1.82, 2.24) is 4.98 Å². The van der Waals surface area contributed by atoms with Crippen molar-refractivity contribution in [3.8, 4) is 11.3 Å². The number of aromatic nitrogens is 1. The lowest BCUT2D eigenvalue weighted by molar-refractivity contribution is 0.743. The molecule has 0 radical (unpaired) electrons. The van der Waals surface area contributed by atoms with Gasteiger partial charge < -0.3 is 0 Å². The maximum absolute atomic E-state index is 4.78. The lowest BCUT2D eigenvalue weighted by Gasteiger charge is -2.11. The molecule has 0 saturated heterocycles. The highest BCUT2D eigenvalue weighted by atomic mass is 14.7. The van der Waals surface area contributed by atoms with Gasteiger partial charge in [0.2, 0.25) is 0 Å². The second-order valence-electron chi connectivity index (χ2n) is 8.04. The summed E-state index contributed by atoms with van der Waals surface area (Å²) in [5.74, 6) is 0.583. The van der Waals surface area contributed by atoms with Gasteiger partial charge in [-0.05, 0) is 57.7 Å². The van der Waals surface area contributed by atoms with E-state index < -0.39 is 0 Å². The van der Waals surface area contributed by atoms with E-state index in [1.165, 1.54) is 43.8 Å². The fraction of sp³-hybridized carbons (Fsp3) is 0.107. The van der Waals surface area contributed by atoms with Crippen LogP contribution in [0.4, 0.5) is 0 Å². The number of nitrogens with zero attached hydrogens (tertiary/aromatic N) is 1. The lowest BCUT2D eigenvalue weighted by atomic mass is 9.94. The van der Waals surface area contributed by atoms with Gasteiger partial charge >= 0.3 is 0 Å². The largest absolute Gasteiger partial charge is 0.256 e. The SMILES string of the molecule is c1ccc(C2Cc3ccc4c(-c5cc6ccccc6cn5)cccc4c3C2)cc1. The van der Waals surface area contributed by atoms with Crippen molar-refractivity contribution >= 4 is 21.5 Å². The number of fused-ring (bicyclic) bond motifs is 4. The zero-order chi connectivity index (χ0) is 19.2. The van der Waals surface area contributed by atoms with Crippen LogP contribution in [0.15, 0.2) is 97.2 Å². The van der Waals surface area contributed by atoms with E-state index in [1.54, 1.807) is 0 Å². The normalized spacial score (nSPS) is 15.7. The van der Waals surface area contributed by atoms with Gasteiger partial charge in [-0.25, -0.2) is 0 Å². The molecule has 0 amide bonds. The molecule has 0 fully saturated rings. The van der Waals surface area contributed by atoms with E-state index in [2.05, 4.69) is 91.0 Å². The maximum Gasteiger partial charge on any atom is 0.0714 e. The highest BCUT2D eigenvalue weighted by Gasteiger charge is 2.25. The Morgan fingerprint density at radius 1 is 0.655 bits per heavy atom. The van der Waals surface area contributed by atoms with Gasteiger partial charge in [-0.2, -0.15) is 0 Å². The van der Waals surface area contributed by atoms with Gasteiger partial charge in [0.05, 0.1) is 5.69 Å². The first-order valence-corrected chi connectivity index (χ1v) is 10.3. The Bertz CT molecular complexity index is 1350. The number of rotatable bonds is 2. The highest BCUT2D eigenvalue weighted by Crippen LogP contribution is 2.40. The van der Waals surface area contributed by atoms with Gasteiger partial charge in [0, 0.05) is 17.1 Å². The van der Waals surface area contributed by atoms with E-state index in [0.717, 1.165) is 18.5 Å². The van der Waals surface area contributed by atoms with Crippen molar-refractivity contribution in [2.24, 2.45) is 0 Å². The van der Waals surface area contributed by atoms with Crippen LogP contribution in [0.5, 0.6) is 0 Å². The van der Waals surface area contributed by atoms with Crippen LogP contribution in [-0.2, 0) is 12.8 Å². The average molecular weight is 371 g/mol. The Hall–Kier alpha value is -3.45. The quantitative estimate of drug-likeness (QED) is 0.327. The average Bonchev–Trinajstić information content (AvgIpc) is 3.24. The third kappa shape index (κ3) is 2.74. The van der Waals surface area contributed by atoms with Crippen molar-refractivity contribution in [1.29, 1.82) is 0 Å². The van der Waals surface area contributed by atoms with Crippen LogP contribution < -0.4 is 0 Å². The monoisotopic (exact) mass is 371 g/mol. The second-order valence-corrected chi connectivity index (χ2v) is 8.04. The summed E-state index contributed by atoms with van der Waals surface area (Å²) in [5.41, 5.74) is 6.73. The molecule has 0 aliphatic heterocycles. The van der Waals surface area contributed by atoms with E-state index in [9.17, 15) is 0 Å². The predicted octanol–water partition coefficient (Wildman–Crippen LogP) is 6.94. The molecular formula is C28H21N. The van der Waals surface area contributed by atoms with Gasteiger partial charge in [0.15, 0.2) is 0 Å². The summed E-state index contributed by atoms with van der Waals surface area (Å²) in [5, 5.41) is 5.11. The summed E-state index contributed by atoms with van der Waals surface area (Å²) in [6, 6.07) is 32.9. The van der Waals surface area contributed by atoms with Crippen LogP contribution in [0.3, 0.4) is 0 Å². The first kappa shape index (κ1) is 16.5. The first-order valence-electron chi connectivity index (χ1n) is 10.3. The van der Waals surface area contributed by atoms with Gasteiger partial charge in [0.25, 0.3) is 0 Å². The summed E-state index contributed by atoms with van der Waals surface area (Å²) in [6.07, 6.45) is 4.24. The van der Waals surface area contributed by atoms with Crippen LogP contribution in [0.1, 0.15) is 22.6 Å². The van der Waals surface area contributed by atoms with Crippen molar-refractivity contribution in [2.75, 3.05) is 0 Å². The van der Waals surface area contributed by atoms with Crippen molar-refractivity contribution < 1.29 is 0 Å². The Labute approximate surface area is 170 Å². The van der Waals surface area contributed by atoms with Gasteiger partial charge in [0.1, 0.15) is 0 Å². The molecule has 5 aromatic rings. The van der Waals surface area contributed by atoms with E-state index in [-0.39, 0.29) is 0 Å². The summed E-state index contributed by atoms with van der Waals surface area (Å²) < 4.78 is 0. The third-order valence-corrected chi connectivity index (χ3v) is 6.36. The van der Waals surface area contributed by atoms with Gasteiger partial charge in [-0.3, -0.25) is 4.98 Å². The number of hydrogen-bond donors (Lipinski definition) is 0. The fourth-order valence-electron chi connectivity index (χ4n) is 4.90. The van der Waals surface area contributed by atoms with Crippen LogP contribution >= 0.6 is 0 Å². The Balaban J connectivity index is 1.48. The fourth-order valence-corrected chi connectivity index (χ4v) is 4.90. The van der Waals surface area contributed by atoms with Gasteiger partial charge in [-0.15, -0.1) is 0 Å². The van der Waals surface area contributed by atoms with Gasteiger partial charge in [-0.1, -0.05) is 84.9 Å². The molecule has 0 N–H and O–H groups in total. The summed E-state index contributed by atoms with van der Waals surface area (Å²) in [6.45, 7) is 0. The Morgan fingerprint density at radius 2 is 1.48 bits per heavy atom. The molecule has 1 aliphatic rings. The van der Waals surface area contributed by atoms with Crippen molar-refractivity contribution in [3.05, 3.63) is 114 Å². The van der Waals surface area contributed by atoms with E-state index in [1.807, 2.05) is 6.20 Å². The molecule has 1 atom stereocenters. The number of benzene rings is 4. The van der Waals surface area contributed by atoms with Crippen molar-refractivity contribution in [2.45, 2.75) is 18.8 Å². The molecule has 1 aromatic heterocycles. The van der Waals surface area contributed by atoms with Crippen LogP contribution in [0.2, 0.25) is 0 Å². The molecule has 4 aromatic carbocycles. The molecule has 1 unspecified atom stereocenters. The maximum atomic E-state index is 4.78. The highest BCUT2D eigenvalue weighted by molar-refractivity contribution is 6.00. The minimum Gasteiger partial charge on any atom is -0.256 e. The minimum atomic E-state index is 0.583. The number of hydrogen-bond acceptors (Lipinski definition) is 1. The zero-order valence-corrected chi connectivity index (χ0v) is 16.2. The van der Waals surface area contributed by atoms with Crippen LogP contribution in [-0.4, -0.2) is 4.98 Å². The lowest BCUT2D eigenvalue weighted by Crippen LogP contribution is -1.96. The van der Waals surface area contributed by atoms with E-state index in [0.29, 0.717) is 5.92 Å². The molecule has 1 heteroatoms. The molecule has 1 heterocycles. The molecule has 1 nitrogen and oxygen atoms in total. The molecule has 0 spiro atoms. The minimum absolute atomic E-state index is 0.583. The second kappa shape index (κ2) is 6.56. The Kier molecular flexibility index (Phi) is 3.73. The summed E-state index contributed by atoms with van der Waals surface area (Å²) in [7, 11) is 0. The molecule has 1 aliphatic carbocycles. The first-order chi connectivity index (χ1) is 14.4. The molecule has 138 valence electrons. The number of pyridine rings is 1. The summed E-state index contributed by atoms with van der Waals surface area (Å²) >= 11 is 0. The smallest absolute Gasteiger partial charge is 0.0714 e. The molecule has 29 heavy (non-hydrogen) atoms. The Morgan fingerprint density at radius 3 is 2.38 bits per heavy atom. The molecular weight excluding hydrogens is 350 g/mol. The molecule has 0 saturated carbocycles.